The van der Waals surface area contributed by atoms with Crippen molar-refractivity contribution < 1.29 is 81.8 Å². The first kappa shape index (κ1) is 67.5. The number of unbranched alkanes of at least 4 members (excludes halogenated alkanes) is 2. The Labute approximate surface area is 524 Å². The van der Waals surface area contributed by atoms with Gasteiger partial charge in [0.05, 0.1) is 6.04 Å². The summed E-state index contributed by atoms with van der Waals surface area (Å²) in [5.41, 5.74) is 17.4. The van der Waals surface area contributed by atoms with Crippen molar-refractivity contribution in [2.45, 2.75) is 82.7 Å². The number of carbonyl (C=O) groups excluding carboxylic acids is 15. The smallest absolute Gasteiger partial charge is 0.322 e. The van der Waals surface area contributed by atoms with Gasteiger partial charge in [-0.05, 0) is 93.7 Å². The fourth-order valence-electron chi connectivity index (χ4n) is 11.2. The molecule has 0 fully saturated rings. The van der Waals surface area contributed by atoms with E-state index in [-0.39, 0.29) is 163 Å². The highest BCUT2D eigenvalue weighted by Crippen LogP contribution is 2.40. The Morgan fingerprint density at radius 3 is 1.02 bits per heavy atom. The topological polar surface area (TPSA) is 469 Å². The Morgan fingerprint density at radius 2 is 0.674 bits per heavy atom. The normalized spacial score (nSPS) is 14.6. The van der Waals surface area contributed by atoms with E-state index in [9.17, 15) is 76.7 Å². The Kier molecular flexibility index (Phi) is 22.3. The molecule has 31 heteroatoms. The van der Waals surface area contributed by atoms with E-state index >= 15 is 0 Å². The lowest BCUT2D eigenvalue weighted by Gasteiger charge is -2.32. The number of hydrogen-bond acceptors (Lipinski definition) is 19. The van der Waals surface area contributed by atoms with Gasteiger partial charge in [0.1, 0.15) is 12.6 Å². The third-order valence-corrected chi connectivity index (χ3v) is 15.9. The van der Waals surface area contributed by atoms with Crippen LogP contribution in [0.2, 0.25) is 0 Å². The highest BCUT2D eigenvalue weighted by atomic mass is 16.4. The second kappa shape index (κ2) is 30.4. The molecule has 4 aromatic carbocycles. The Bertz CT molecular complexity index is 3620. The number of carbonyl (C=O) groups is 16. The maximum atomic E-state index is 13.8. The van der Waals surface area contributed by atoms with Gasteiger partial charge in [-0.15, -0.1) is 0 Å². The number of rotatable bonds is 34. The average molecular weight is 1270 g/mol. The van der Waals surface area contributed by atoms with Gasteiger partial charge in [0.25, 0.3) is 47.3 Å². The zero-order chi connectivity index (χ0) is 66.5. The number of benzene rings is 4. The first-order chi connectivity index (χ1) is 44.1. The van der Waals surface area contributed by atoms with E-state index in [2.05, 4.69) is 37.2 Å². The van der Waals surface area contributed by atoms with Crippen molar-refractivity contribution in [1.82, 2.24) is 56.8 Å². The first-order valence-corrected chi connectivity index (χ1v) is 30.0. The van der Waals surface area contributed by atoms with Crippen molar-refractivity contribution in [3.63, 3.8) is 0 Å². The molecule has 4 aliphatic heterocycles. The summed E-state index contributed by atoms with van der Waals surface area (Å²) in [6, 6.07) is 9.03. The highest BCUT2D eigenvalue weighted by molar-refractivity contribution is 6.35. The largest absolute Gasteiger partial charge is 0.480 e. The number of nitrogens with one attached hydrogen (secondary N) is 7. The molecule has 486 valence electrons. The van der Waals surface area contributed by atoms with Gasteiger partial charge in [0.15, 0.2) is 0 Å². The van der Waals surface area contributed by atoms with Gasteiger partial charge in [0, 0.05) is 157 Å². The van der Waals surface area contributed by atoms with Crippen LogP contribution in [0.1, 0.15) is 153 Å². The number of amides is 15. The molecule has 92 heavy (non-hydrogen) atoms. The minimum absolute atomic E-state index is 0.0101. The van der Waals surface area contributed by atoms with Crippen LogP contribution in [-0.4, -0.2) is 210 Å². The van der Waals surface area contributed by atoms with Crippen LogP contribution >= 0.6 is 0 Å². The third kappa shape index (κ3) is 15.1. The molecule has 2 atom stereocenters. The molecular weight excluding hydrogens is 1200 g/mol. The molecule has 0 aliphatic carbocycles. The number of nitrogens with two attached hydrogens (primary N) is 3. The summed E-state index contributed by atoms with van der Waals surface area (Å²) in [4.78, 5) is 213. The molecule has 4 aromatic rings. The molecule has 0 unspecified atom stereocenters. The fourth-order valence-corrected chi connectivity index (χ4v) is 11.2. The molecule has 0 bridgehead atoms. The van der Waals surface area contributed by atoms with Gasteiger partial charge in [-0.2, -0.15) is 0 Å². The molecule has 31 nitrogen and oxygen atoms in total. The van der Waals surface area contributed by atoms with Crippen LogP contribution < -0.4 is 54.4 Å². The molecule has 4 heterocycles. The number of imide groups is 4. The fraction of sp³-hybridized carbons (Fsp3) is 0.410. The van der Waals surface area contributed by atoms with E-state index in [0.717, 1.165) is 19.6 Å². The van der Waals surface area contributed by atoms with Crippen LogP contribution in [0.5, 0.6) is 0 Å². The molecule has 4 aliphatic rings. The van der Waals surface area contributed by atoms with Gasteiger partial charge in [0.2, 0.25) is 41.4 Å². The van der Waals surface area contributed by atoms with Gasteiger partial charge < -0.3 is 59.5 Å². The van der Waals surface area contributed by atoms with Crippen LogP contribution in [0.4, 0.5) is 0 Å². The number of nitrogens with zero attached hydrogens (tertiary/aromatic N) is 4. The third-order valence-electron chi connectivity index (χ3n) is 15.9. The zero-order valence-electron chi connectivity index (χ0n) is 50.0. The van der Waals surface area contributed by atoms with Crippen LogP contribution in [0, 0.1) is 0 Å². The number of carboxylic acid groups (broad SMARTS) is 1. The standard InChI is InChI=1S/C61H70N14O17/c62-20-3-1-5-40(64)52(83)68-25-29-74-58(89)36-11-7-32-48-33(8-12-37(50(36)48)59(74)90)55(86)72(54(32)85)27-18-44(78)67-23-16-42(76)65-22-15-43(77)66-24-17-46(80)71-41(6-2-4-21-63)53(84)69-26-30-75-60(91)38-13-9-34-49-35(10-14-39(51(38)49)61(75)92)57(88)73(56(34)87)28-19-45(79)70-31-47(81)82/h7-14,40-41H,1-6,15-31,62-64H2,(H,65,76)(H,66,77)(H,67,78)(H,68,83)(H,69,84)(H,70,79)(H,71,80)(H,81,82)/t40-,41-/m0/s1. The number of carboxylic acids is 1. The minimum Gasteiger partial charge on any atom is -0.480 e. The lowest BCUT2D eigenvalue weighted by atomic mass is 9.86. The van der Waals surface area contributed by atoms with Crippen LogP contribution in [0.25, 0.3) is 21.5 Å². The molecule has 15 amide bonds. The van der Waals surface area contributed by atoms with Crippen LogP contribution in [0.15, 0.2) is 48.5 Å². The van der Waals surface area contributed by atoms with Crippen molar-refractivity contribution >= 4 is 116 Å². The Morgan fingerprint density at radius 1 is 0.370 bits per heavy atom. The SMILES string of the molecule is NCCCC[C@H](NC(=O)CCNC(=O)CCNC(=O)CCNC(=O)CCN1C(=O)c2ccc3c4c(ccc(c24)C1=O)C(=O)N(CCNC(=O)[C@@H](N)CCCCN)C3=O)C(=O)NCCN1C(=O)c2ccc3c4c(ccc(c24)C1=O)C(=O)N(CCC(=O)NCC(=O)O)C3=O. The van der Waals surface area contributed by atoms with E-state index < -0.39 is 113 Å². The Balaban J connectivity index is 0.722. The summed E-state index contributed by atoms with van der Waals surface area (Å²) in [7, 11) is 0. The predicted octanol–water partition coefficient (Wildman–Crippen LogP) is -2.12. The average Bonchev–Trinajstić information content (AvgIpc) is 0.724. The van der Waals surface area contributed by atoms with Crippen molar-refractivity contribution in [3.05, 3.63) is 93.0 Å². The molecule has 0 aromatic heterocycles. The van der Waals surface area contributed by atoms with Gasteiger partial charge >= 0.3 is 5.97 Å². The summed E-state index contributed by atoms with van der Waals surface area (Å²) >= 11 is 0. The molecule has 14 N–H and O–H groups in total. The molecule has 8 rings (SSSR count). The number of hydrogen-bond donors (Lipinski definition) is 11. The monoisotopic (exact) mass is 1270 g/mol. The lowest BCUT2D eigenvalue weighted by Crippen LogP contribution is -2.50. The van der Waals surface area contributed by atoms with Crippen molar-refractivity contribution in [3.8, 4) is 0 Å². The van der Waals surface area contributed by atoms with Crippen molar-refractivity contribution in [2.75, 3.05) is 78.5 Å². The van der Waals surface area contributed by atoms with Crippen LogP contribution in [0.3, 0.4) is 0 Å². The van der Waals surface area contributed by atoms with E-state index in [4.69, 9.17) is 22.3 Å². The van der Waals surface area contributed by atoms with Gasteiger partial charge in [-0.1, -0.05) is 6.42 Å². The summed E-state index contributed by atoms with van der Waals surface area (Å²) in [6.45, 7) is -1.69. The van der Waals surface area contributed by atoms with Gasteiger partial charge in [-0.3, -0.25) is 96.3 Å². The van der Waals surface area contributed by atoms with E-state index in [1.807, 2.05) is 0 Å². The molecule has 0 saturated heterocycles. The first-order valence-electron chi connectivity index (χ1n) is 30.0. The summed E-state index contributed by atoms with van der Waals surface area (Å²) in [5, 5.41) is 27.1. The van der Waals surface area contributed by atoms with Crippen LogP contribution in [-0.2, 0) is 38.4 Å². The molecule has 0 spiro atoms. The second-order valence-electron chi connectivity index (χ2n) is 22.0. The quantitative estimate of drug-likeness (QED) is 0.0176. The zero-order valence-corrected chi connectivity index (χ0v) is 50.0. The van der Waals surface area contributed by atoms with Crippen molar-refractivity contribution in [2.24, 2.45) is 17.2 Å². The second-order valence-corrected chi connectivity index (χ2v) is 22.0. The summed E-state index contributed by atoms with van der Waals surface area (Å²) < 4.78 is 0. The van der Waals surface area contributed by atoms with Gasteiger partial charge in [-0.25, -0.2) is 0 Å². The Hall–Kier alpha value is -10.4. The maximum absolute atomic E-state index is 13.8. The molecule has 0 saturated carbocycles. The molecule has 0 radical (unpaired) electrons. The van der Waals surface area contributed by atoms with E-state index in [0.29, 0.717) is 45.2 Å². The summed E-state index contributed by atoms with van der Waals surface area (Å²) in [5.74, 6) is -11.2. The van der Waals surface area contributed by atoms with Crippen molar-refractivity contribution in [1.29, 1.82) is 0 Å². The maximum Gasteiger partial charge on any atom is 0.322 e. The molecular formula is C61H70N14O17. The van der Waals surface area contributed by atoms with E-state index in [1.165, 1.54) is 48.5 Å². The minimum atomic E-state index is -1.28. The highest BCUT2D eigenvalue weighted by Gasteiger charge is 2.42. The predicted molar refractivity (Wildman–Crippen MR) is 324 cm³/mol. The van der Waals surface area contributed by atoms with E-state index in [1.54, 1.807) is 0 Å². The lowest BCUT2D eigenvalue weighted by molar-refractivity contribution is -0.138. The number of aliphatic carboxylic acids is 1. The summed E-state index contributed by atoms with van der Waals surface area (Å²) in [6.07, 6.45) is 1.62.